The van der Waals surface area contributed by atoms with Crippen molar-refractivity contribution in [2.24, 2.45) is 0 Å². The Morgan fingerprint density at radius 2 is 2.00 bits per heavy atom. The molecule has 0 saturated carbocycles. The molecule has 0 unspecified atom stereocenters. The minimum atomic E-state index is 0.528. The predicted molar refractivity (Wildman–Crippen MR) is 69.4 cm³/mol. The molecule has 1 N–H and O–H groups in total. The number of hydrogen-bond donors (Lipinski definition) is 1. The third-order valence-corrected chi connectivity index (χ3v) is 3.68. The second-order valence-corrected chi connectivity index (χ2v) is 4.83. The van der Waals surface area contributed by atoms with Gasteiger partial charge in [-0.2, -0.15) is 0 Å². The van der Waals surface area contributed by atoms with E-state index < -0.39 is 0 Å². The number of hydrogen-bond acceptors (Lipinski definition) is 3. The monoisotopic (exact) mass is 247 g/mol. The van der Waals surface area contributed by atoms with Crippen molar-refractivity contribution in [3.05, 3.63) is 35.2 Å². The number of benzene rings is 1. The van der Waals surface area contributed by atoms with Crippen molar-refractivity contribution in [1.82, 2.24) is 15.3 Å². The molecule has 1 aliphatic rings. The van der Waals surface area contributed by atoms with Crippen LogP contribution in [-0.4, -0.2) is 23.1 Å². The molecule has 0 radical (unpaired) electrons. The summed E-state index contributed by atoms with van der Waals surface area (Å²) < 4.78 is 0. The normalized spacial score (nSPS) is 17.5. The van der Waals surface area contributed by atoms with Crippen LogP contribution in [0.4, 0.5) is 0 Å². The second-order valence-electron chi connectivity index (χ2n) is 4.42. The molecule has 0 bridgehead atoms. The van der Waals surface area contributed by atoms with Gasteiger partial charge in [0, 0.05) is 11.3 Å². The maximum absolute atomic E-state index is 6.17. The third kappa shape index (κ3) is 2.01. The van der Waals surface area contributed by atoms with Gasteiger partial charge < -0.3 is 5.32 Å². The molecule has 0 atom stereocenters. The van der Waals surface area contributed by atoms with Crippen LogP contribution in [0.15, 0.2) is 24.5 Å². The number of halogens is 1. The highest BCUT2D eigenvalue weighted by Gasteiger charge is 2.19. The summed E-state index contributed by atoms with van der Waals surface area (Å²) in [5.41, 5.74) is 2.02. The van der Waals surface area contributed by atoms with Crippen molar-refractivity contribution in [3.63, 3.8) is 0 Å². The summed E-state index contributed by atoms with van der Waals surface area (Å²) in [7, 11) is 0. The van der Waals surface area contributed by atoms with E-state index in [9.17, 15) is 0 Å². The zero-order chi connectivity index (χ0) is 11.7. The Labute approximate surface area is 105 Å². The Hall–Kier alpha value is -1.19. The lowest BCUT2D eigenvalue weighted by molar-refractivity contribution is 0.455. The van der Waals surface area contributed by atoms with E-state index in [1.807, 2.05) is 12.1 Å². The highest BCUT2D eigenvalue weighted by Crippen LogP contribution is 2.31. The van der Waals surface area contributed by atoms with Gasteiger partial charge in [0.1, 0.15) is 6.33 Å². The number of fused-ring (bicyclic) bond motifs is 1. The summed E-state index contributed by atoms with van der Waals surface area (Å²) in [6.07, 6.45) is 3.91. The molecular weight excluding hydrogens is 234 g/mol. The van der Waals surface area contributed by atoms with E-state index in [-0.39, 0.29) is 0 Å². The number of rotatable bonds is 1. The highest BCUT2D eigenvalue weighted by atomic mass is 35.5. The standard InChI is InChI=1S/C13H14ClN3/c14-11-3-1-2-10-12(16-8-17-13(10)11)9-4-6-15-7-5-9/h1-3,8-9,15H,4-7H2. The largest absolute Gasteiger partial charge is 0.317 e. The molecule has 3 rings (SSSR count). The van der Waals surface area contributed by atoms with Crippen LogP contribution >= 0.6 is 11.6 Å². The first-order valence-electron chi connectivity index (χ1n) is 5.96. The molecule has 88 valence electrons. The van der Waals surface area contributed by atoms with Crippen LogP contribution in [0, 0.1) is 0 Å². The molecule has 0 spiro atoms. The molecule has 17 heavy (non-hydrogen) atoms. The number of aromatic nitrogens is 2. The quantitative estimate of drug-likeness (QED) is 0.842. The van der Waals surface area contributed by atoms with Crippen molar-refractivity contribution < 1.29 is 0 Å². The highest BCUT2D eigenvalue weighted by molar-refractivity contribution is 6.35. The molecule has 1 aromatic heterocycles. The smallest absolute Gasteiger partial charge is 0.116 e. The molecular formula is C13H14ClN3. The maximum atomic E-state index is 6.17. The van der Waals surface area contributed by atoms with Gasteiger partial charge in [0.2, 0.25) is 0 Å². The summed E-state index contributed by atoms with van der Waals surface area (Å²) in [5.74, 6) is 0.528. The van der Waals surface area contributed by atoms with E-state index in [0.29, 0.717) is 10.9 Å². The Morgan fingerprint density at radius 1 is 1.18 bits per heavy atom. The Balaban J connectivity index is 2.12. The average Bonchev–Trinajstić information content (AvgIpc) is 2.40. The van der Waals surface area contributed by atoms with Crippen molar-refractivity contribution in [3.8, 4) is 0 Å². The average molecular weight is 248 g/mol. The van der Waals surface area contributed by atoms with Gasteiger partial charge in [0.15, 0.2) is 0 Å². The summed E-state index contributed by atoms with van der Waals surface area (Å²) in [6.45, 7) is 2.13. The molecule has 1 aliphatic heterocycles. The van der Waals surface area contributed by atoms with E-state index in [1.54, 1.807) is 6.33 Å². The number of nitrogens with zero attached hydrogens (tertiary/aromatic N) is 2. The van der Waals surface area contributed by atoms with Crippen LogP contribution in [-0.2, 0) is 0 Å². The first-order valence-corrected chi connectivity index (χ1v) is 6.34. The zero-order valence-electron chi connectivity index (χ0n) is 9.49. The summed E-state index contributed by atoms with van der Waals surface area (Å²) in [6, 6.07) is 5.92. The maximum Gasteiger partial charge on any atom is 0.116 e. The van der Waals surface area contributed by atoms with E-state index in [1.165, 1.54) is 0 Å². The lowest BCUT2D eigenvalue weighted by atomic mass is 9.92. The van der Waals surface area contributed by atoms with Gasteiger partial charge >= 0.3 is 0 Å². The van der Waals surface area contributed by atoms with E-state index in [2.05, 4.69) is 21.4 Å². The minimum absolute atomic E-state index is 0.528. The van der Waals surface area contributed by atoms with E-state index >= 15 is 0 Å². The van der Waals surface area contributed by atoms with Crippen LogP contribution in [0.1, 0.15) is 24.5 Å². The molecule has 2 heterocycles. The molecule has 0 aliphatic carbocycles. The lowest BCUT2D eigenvalue weighted by Crippen LogP contribution is -2.27. The second kappa shape index (κ2) is 4.59. The Bertz CT molecular complexity index is 535. The summed E-state index contributed by atoms with van der Waals surface area (Å²) in [4.78, 5) is 8.75. The van der Waals surface area contributed by atoms with Gasteiger partial charge in [-0.3, -0.25) is 0 Å². The SMILES string of the molecule is Clc1cccc2c(C3CCNCC3)ncnc12. The van der Waals surface area contributed by atoms with Crippen molar-refractivity contribution >= 4 is 22.5 Å². The fourth-order valence-electron chi connectivity index (χ4n) is 2.49. The van der Waals surface area contributed by atoms with Gasteiger partial charge in [0.05, 0.1) is 16.2 Å². The van der Waals surface area contributed by atoms with Crippen LogP contribution in [0.5, 0.6) is 0 Å². The summed E-state index contributed by atoms with van der Waals surface area (Å²) in [5, 5.41) is 5.19. The van der Waals surface area contributed by atoms with Crippen LogP contribution < -0.4 is 5.32 Å². The van der Waals surface area contributed by atoms with Crippen molar-refractivity contribution in [2.45, 2.75) is 18.8 Å². The zero-order valence-corrected chi connectivity index (χ0v) is 10.2. The molecule has 1 saturated heterocycles. The van der Waals surface area contributed by atoms with Gasteiger partial charge in [0.25, 0.3) is 0 Å². The van der Waals surface area contributed by atoms with Gasteiger partial charge in [-0.25, -0.2) is 9.97 Å². The third-order valence-electron chi connectivity index (χ3n) is 3.37. The molecule has 4 heteroatoms. The topological polar surface area (TPSA) is 37.8 Å². The van der Waals surface area contributed by atoms with E-state index in [4.69, 9.17) is 11.6 Å². The summed E-state index contributed by atoms with van der Waals surface area (Å²) >= 11 is 6.17. The lowest BCUT2D eigenvalue weighted by Gasteiger charge is -2.23. The van der Waals surface area contributed by atoms with Crippen molar-refractivity contribution in [1.29, 1.82) is 0 Å². The van der Waals surface area contributed by atoms with Gasteiger partial charge in [-0.1, -0.05) is 23.7 Å². The Kier molecular flexibility index (Phi) is 2.95. The van der Waals surface area contributed by atoms with Crippen molar-refractivity contribution in [2.75, 3.05) is 13.1 Å². The van der Waals surface area contributed by atoms with E-state index in [0.717, 1.165) is 42.5 Å². The number of piperidine rings is 1. The minimum Gasteiger partial charge on any atom is -0.317 e. The molecule has 1 aromatic carbocycles. The van der Waals surface area contributed by atoms with Gasteiger partial charge in [-0.15, -0.1) is 0 Å². The van der Waals surface area contributed by atoms with Crippen LogP contribution in [0.3, 0.4) is 0 Å². The predicted octanol–water partition coefficient (Wildman–Crippen LogP) is 2.75. The Morgan fingerprint density at radius 3 is 2.82 bits per heavy atom. The molecule has 1 fully saturated rings. The molecule has 0 amide bonds. The van der Waals surface area contributed by atoms with Crippen LogP contribution in [0.25, 0.3) is 10.9 Å². The fraction of sp³-hybridized carbons (Fsp3) is 0.385. The molecule has 3 nitrogen and oxygen atoms in total. The molecule has 2 aromatic rings. The fourth-order valence-corrected chi connectivity index (χ4v) is 2.72. The van der Waals surface area contributed by atoms with Crippen LogP contribution in [0.2, 0.25) is 5.02 Å². The first kappa shape index (κ1) is 10.9. The number of nitrogens with one attached hydrogen (secondary N) is 1. The van der Waals surface area contributed by atoms with Gasteiger partial charge in [-0.05, 0) is 32.0 Å². The number of para-hydroxylation sites is 1. The first-order chi connectivity index (χ1) is 8.36.